The van der Waals surface area contributed by atoms with Gasteiger partial charge in [0, 0.05) is 60.3 Å². The lowest BCUT2D eigenvalue weighted by Crippen LogP contribution is -2.50. The smallest absolute Gasteiger partial charge is 0.252 e. The Kier molecular flexibility index (Phi) is 10.8. The molecule has 1 aliphatic rings. The standard InChI is InChI=1S/C30H32BrN5O5/c1-39-18-4-16-33-29(38)30(20-23-6-2-3-7-26(23)35-36-32)27(21-8-12-24(31)13-9-21)41-28(34-30)22-10-14-25(15-11-22)40-19-5-17-37/h2-3,6-15,27,37H,4-5,16-20H2,1H3,(H,33,38)/t27-,30-/m1/s1. The molecule has 3 aromatic rings. The van der Waals surface area contributed by atoms with Crippen molar-refractivity contribution >= 4 is 33.4 Å². The van der Waals surface area contributed by atoms with Crippen LogP contribution in [-0.2, 0) is 20.7 Å². The van der Waals surface area contributed by atoms with Gasteiger partial charge in [-0.15, -0.1) is 0 Å². The number of halogens is 1. The van der Waals surface area contributed by atoms with Gasteiger partial charge in [-0.05, 0) is 59.5 Å². The molecule has 0 bridgehead atoms. The first kappa shape index (κ1) is 30.1. The van der Waals surface area contributed by atoms with E-state index in [1.54, 1.807) is 31.4 Å². The molecule has 0 unspecified atom stereocenters. The minimum atomic E-state index is -1.41. The number of hydrogen-bond donors (Lipinski definition) is 2. The highest BCUT2D eigenvalue weighted by Gasteiger charge is 2.53. The summed E-state index contributed by atoms with van der Waals surface area (Å²) in [6, 6.07) is 22.0. The summed E-state index contributed by atoms with van der Waals surface area (Å²) in [6.07, 6.45) is 0.523. The second-order valence-corrected chi connectivity index (χ2v) is 10.4. The molecule has 1 aliphatic heterocycles. The molecule has 0 saturated carbocycles. The number of carbonyl (C=O) groups excluding carboxylic acids is 1. The summed E-state index contributed by atoms with van der Waals surface area (Å²) < 4.78 is 18.2. The number of ether oxygens (including phenoxy) is 3. The highest BCUT2D eigenvalue weighted by molar-refractivity contribution is 9.10. The molecule has 0 radical (unpaired) electrons. The van der Waals surface area contributed by atoms with E-state index in [9.17, 15) is 10.3 Å². The quantitative estimate of drug-likeness (QED) is 0.101. The first-order valence-corrected chi connectivity index (χ1v) is 14.1. The number of aliphatic imine (C=N–C) groups is 1. The van der Waals surface area contributed by atoms with Crippen LogP contribution in [0, 0.1) is 0 Å². The van der Waals surface area contributed by atoms with Crippen molar-refractivity contribution in [3.8, 4) is 5.75 Å². The van der Waals surface area contributed by atoms with Gasteiger partial charge >= 0.3 is 0 Å². The van der Waals surface area contributed by atoms with E-state index in [0.717, 1.165) is 10.0 Å². The van der Waals surface area contributed by atoms with Gasteiger partial charge in [0.05, 0.1) is 6.61 Å². The summed E-state index contributed by atoms with van der Waals surface area (Å²) in [5.74, 6) is 0.653. The maximum absolute atomic E-state index is 14.1. The van der Waals surface area contributed by atoms with Gasteiger partial charge in [-0.25, -0.2) is 4.99 Å². The second-order valence-electron chi connectivity index (χ2n) is 9.44. The van der Waals surface area contributed by atoms with Gasteiger partial charge in [0.15, 0.2) is 11.6 Å². The van der Waals surface area contributed by atoms with E-state index < -0.39 is 11.6 Å². The number of aliphatic hydroxyl groups excluding tert-OH is 1. The van der Waals surface area contributed by atoms with Crippen molar-refractivity contribution < 1.29 is 24.1 Å². The first-order chi connectivity index (χ1) is 20.0. The fraction of sp³-hybridized carbons (Fsp3) is 0.333. The van der Waals surface area contributed by atoms with Gasteiger partial charge < -0.3 is 24.6 Å². The molecule has 3 aromatic carbocycles. The van der Waals surface area contributed by atoms with Crippen LogP contribution in [0.2, 0.25) is 0 Å². The number of amides is 1. The molecule has 0 saturated heterocycles. The van der Waals surface area contributed by atoms with Crippen LogP contribution in [0.25, 0.3) is 10.4 Å². The third-order valence-electron chi connectivity index (χ3n) is 6.62. The Labute approximate surface area is 247 Å². The molecule has 10 nitrogen and oxygen atoms in total. The van der Waals surface area contributed by atoms with Crippen molar-refractivity contribution in [2.45, 2.75) is 30.9 Å². The van der Waals surface area contributed by atoms with Crippen LogP contribution >= 0.6 is 15.9 Å². The lowest BCUT2D eigenvalue weighted by molar-refractivity contribution is -0.129. The SMILES string of the molecule is COCCCNC(=O)[C@]1(Cc2ccccc2N=[N+]=[N-])N=C(c2ccc(OCCCO)cc2)O[C@@H]1c1ccc(Br)cc1. The van der Waals surface area contributed by atoms with Gasteiger partial charge in [0.25, 0.3) is 5.91 Å². The summed E-state index contributed by atoms with van der Waals surface area (Å²) in [6.45, 7) is 1.35. The predicted octanol–water partition coefficient (Wildman–Crippen LogP) is 5.80. The van der Waals surface area contributed by atoms with E-state index in [1.807, 2.05) is 48.5 Å². The average molecular weight is 623 g/mol. The monoisotopic (exact) mass is 621 g/mol. The van der Waals surface area contributed by atoms with Crippen molar-refractivity contribution in [1.82, 2.24) is 5.32 Å². The van der Waals surface area contributed by atoms with Gasteiger partial charge in [-0.2, -0.15) is 0 Å². The molecular formula is C30H32BrN5O5. The lowest BCUT2D eigenvalue weighted by atomic mass is 9.81. The molecule has 0 fully saturated rings. The zero-order valence-electron chi connectivity index (χ0n) is 22.7. The summed E-state index contributed by atoms with van der Waals surface area (Å²) in [7, 11) is 1.61. The van der Waals surface area contributed by atoms with E-state index in [2.05, 4.69) is 31.3 Å². The van der Waals surface area contributed by atoms with Crippen LogP contribution < -0.4 is 10.1 Å². The molecule has 4 rings (SSSR count). The molecule has 0 aromatic heterocycles. The molecule has 11 heteroatoms. The van der Waals surface area contributed by atoms with Crippen LogP contribution in [0.5, 0.6) is 5.75 Å². The van der Waals surface area contributed by atoms with Crippen LogP contribution in [0.4, 0.5) is 5.69 Å². The number of azide groups is 1. The Balaban J connectivity index is 1.79. The first-order valence-electron chi connectivity index (χ1n) is 13.3. The van der Waals surface area contributed by atoms with E-state index in [1.165, 1.54) is 0 Å². The summed E-state index contributed by atoms with van der Waals surface area (Å²) >= 11 is 3.49. The van der Waals surface area contributed by atoms with Gasteiger partial charge in [0.1, 0.15) is 5.75 Å². The van der Waals surface area contributed by atoms with Crippen molar-refractivity contribution in [3.05, 3.63) is 104 Å². The third-order valence-corrected chi connectivity index (χ3v) is 7.15. The maximum atomic E-state index is 14.1. The Morgan fingerprint density at radius 2 is 1.88 bits per heavy atom. The molecule has 41 heavy (non-hydrogen) atoms. The predicted molar refractivity (Wildman–Crippen MR) is 159 cm³/mol. The average Bonchev–Trinajstić information content (AvgIpc) is 3.37. The van der Waals surface area contributed by atoms with Crippen molar-refractivity contribution in [2.24, 2.45) is 10.1 Å². The van der Waals surface area contributed by atoms with Gasteiger partial charge in [0.2, 0.25) is 5.90 Å². The minimum absolute atomic E-state index is 0.0542. The van der Waals surface area contributed by atoms with Crippen molar-refractivity contribution in [3.63, 3.8) is 0 Å². The number of hydrogen-bond acceptors (Lipinski definition) is 7. The number of nitrogens with one attached hydrogen (secondary N) is 1. The molecule has 2 N–H and O–H groups in total. The largest absolute Gasteiger partial charge is 0.494 e. The Bertz CT molecular complexity index is 1390. The zero-order chi connectivity index (χ0) is 29.1. The minimum Gasteiger partial charge on any atom is -0.494 e. The van der Waals surface area contributed by atoms with E-state index in [0.29, 0.717) is 61.1 Å². The van der Waals surface area contributed by atoms with E-state index in [-0.39, 0.29) is 18.9 Å². The van der Waals surface area contributed by atoms with Gasteiger partial charge in [-0.1, -0.05) is 57.4 Å². The summed E-state index contributed by atoms with van der Waals surface area (Å²) in [5.41, 5.74) is 10.3. The van der Waals surface area contributed by atoms with E-state index >= 15 is 0 Å². The molecule has 1 heterocycles. The number of benzene rings is 3. The Morgan fingerprint density at radius 1 is 1.12 bits per heavy atom. The third kappa shape index (κ3) is 7.45. The lowest BCUT2D eigenvalue weighted by Gasteiger charge is -2.31. The molecule has 0 spiro atoms. The second kappa shape index (κ2) is 14.7. The zero-order valence-corrected chi connectivity index (χ0v) is 24.3. The van der Waals surface area contributed by atoms with Gasteiger partial charge in [-0.3, -0.25) is 4.79 Å². The molecule has 0 aliphatic carbocycles. The summed E-state index contributed by atoms with van der Waals surface area (Å²) in [4.78, 5) is 22.1. The van der Waals surface area contributed by atoms with Crippen molar-refractivity contribution in [2.75, 3.05) is 33.5 Å². The van der Waals surface area contributed by atoms with Crippen LogP contribution in [0.3, 0.4) is 0 Å². The van der Waals surface area contributed by atoms with Crippen LogP contribution in [-0.4, -0.2) is 55.9 Å². The molecular weight excluding hydrogens is 590 g/mol. The van der Waals surface area contributed by atoms with E-state index in [4.69, 9.17) is 24.3 Å². The molecule has 1 amide bonds. The molecule has 214 valence electrons. The number of nitrogens with zero attached hydrogens (tertiary/aromatic N) is 4. The fourth-order valence-electron chi connectivity index (χ4n) is 4.59. The highest BCUT2D eigenvalue weighted by Crippen LogP contribution is 2.44. The Morgan fingerprint density at radius 3 is 2.59 bits per heavy atom. The fourth-order valence-corrected chi connectivity index (χ4v) is 4.85. The highest BCUT2D eigenvalue weighted by atomic mass is 79.9. The Hall–Kier alpha value is -3.89. The number of carbonyl (C=O) groups is 1. The van der Waals surface area contributed by atoms with Crippen LogP contribution in [0.15, 0.2) is 87.4 Å². The number of aliphatic hydroxyl groups is 1. The van der Waals surface area contributed by atoms with Crippen LogP contribution in [0.1, 0.15) is 35.6 Å². The summed E-state index contributed by atoms with van der Waals surface area (Å²) in [5, 5.41) is 15.9. The number of rotatable bonds is 14. The maximum Gasteiger partial charge on any atom is 0.252 e. The molecule has 2 atom stereocenters. The topological polar surface area (TPSA) is 138 Å². The van der Waals surface area contributed by atoms with Crippen molar-refractivity contribution in [1.29, 1.82) is 0 Å². The normalized spacial score (nSPS) is 17.7. The number of methoxy groups -OCH3 is 1.